The average molecular weight is 177 g/mol. The Kier molecular flexibility index (Phi) is 1.95. The Hall–Kier alpha value is -1.26. The van der Waals surface area contributed by atoms with Gasteiger partial charge in [-0.15, -0.1) is 0 Å². The van der Waals surface area contributed by atoms with E-state index in [1.807, 2.05) is 0 Å². The molecule has 0 aliphatic heterocycles. The fourth-order valence-electron chi connectivity index (χ4n) is 0.723. The lowest BCUT2D eigenvalue weighted by Crippen LogP contribution is -2.05. The maximum atomic E-state index is 12.0. The third-order valence-corrected chi connectivity index (χ3v) is 1.38. The molecule has 0 radical (unpaired) electrons. The highest BCUT2D eigenvalue weighted by molar-refractivity contribution is 5.28. The summed E-state index contributed by atoms with van der Waals surface area (Å²) in [6, 6.07) is 0.850. The van der Waals surface area contributed by atoms with Crippen LogP contribution in [0.25, 0.3) is 0 Å². The molecule has 0 atom stereocenters. The number of aryl methyl sites for hydroxylation is 1. The molecule has 0 saturated heterocycles. The molecule has 0 unspecified atom stereocenters. The van der Waals surface area contributed by atoms with Gasteiger partial charge in [0.1, 0.15) is 0 Å². The van der Waals surface area contributed by atoms with Gasteiger partial charge in [0.25, 0.3) is 0 Å². The van der Waals surface area contributed by atoms with Crippen LogP contribution in [-0.2, 0) is 6.18 Å². The number of aromatic hydroxyl groups is 1. The van der Waals surface area contributed by atoms with Gasteiger partial charge < -0.3 is 5.11 Å². The van der Waals surface area contributed by atoms with Crippen LogP contribution in [0.3, 0.4) is 0 Å². The highest BCUT2D eigenvalue weighted by atomic mass is 19.4. The van der Waals surface area contributed by atoms with Gasteiger partial charge in [-0.2, -0.15) is 13.2 Å². The molecule has 0 saturated carbocycles. The maximum absolute atomic E-state index is 12.0. The highest BCUT2D eigenvalue weighted by Gasteiger charge is 2.31. The molecule has 66 valence electrons. The van der Waals surface area contributed by atoms with E-state index in [1.165, 1.54) is 6.92 Å². The molecule has 1 aromatic heterocycles. The largest absolute Gasteiger partial charge is 0.493 e. The minimum Gasteiger partial charge on any atom is -0.493 e. The van der Waals surface area contributed by atoms with Crippen LogP contribution in [0.5, 0.6) is 5.88 Å². The van der Waals surface area contributed by atoms with Gasteiger partial charge in [-0.1, -0.05) is 0 Å². The molecule has 0 aliphatic carbocycles. The molecule has 1 heterocycles. The first-order valence-corrected chi connectivity index (χ1v) is 3.14. The summed E-state index contributed by atoms with van der Waals surface area (Å²) in [5, 5.41) is 8.83. The van der Waals surface area contributed by atoms with Gasteiger partial charge in [0.2, 0.25) is 5.88 Å². The van der Waals surface area contributed by atoms with E-state index < -0.39 is 11.7 Å². The van der Waals surface area contributed by atoms with E-state index in [0.717, 1.165) is 6.07 Å². The van der Waals surface area contributed by atoms with Crippen LogP contribution in [-0.4, -0.2) is 10.1 Å². The number of rotatable bonds is 0. The number of nitrogens with zero attached hydrogens (tertiary/aromatic N) is 1. The van der Waals surface area contributed by atoms with Crippen molar-refractivity contribution in [2.45, 2.75) is 13.1 Å². The summed E-state index contributed by atoms with van der Waals surface area (Å²) in [4.78, 5) is 3.18. The van der Waals surface area contributed by atoms with Crippen molar-refractivity contribution in [3.63, 3.8) is 0 Å². The molecule has 5 heteroatoms. The Bertz CT molecular complexity index is 295. The van der Waals surface area contributed by atoms with Crippen molar-refractivity contribution >= 4 is 0 Å². The molecule has 0 amide bonds. The first-order chi connectivity index (χ1) is 5.41. The van der Waals surface area contributed by atoms with E-state index in [0.29, 0.717) is 6.20 Å². The van der Waals surface area contributed by atoms with E-state index in [2.05, 4.69) is 4.98 Å². The molecule has 1 aromatic rings. The smallest absolute Gasteiger partial charge is 0.417 e. The second-order valence-corrected chi connectivity index (χ2v) is 2.36. The van der Waals surface area contributed by atoms with Crippen molar-refractivity contribution in [1.82, 2.24) is 4.98 Å². The zero-order valence-corrected chi connectivity index (χ0v) is 6.18. The molecule has 1 rings (SSSR count). The van der Waals surface area contributed by atoms with Crippen molar-refractivity contribution in [2.24, 2.45) is 0 Å². The summed E-state index contributed by atoms with van der Waals surface area (Å²) in [6.45, 7) is 1.36. The molecule has 0 aromatic carbocycles. The first kappa shape index (κ1) is 8.83. The Morgan fingerprint density at radius 3 is 2.42 bits per heavy atom. The van der Waals surface area contributed by atoms with E-state index in [9.17, 15) is 13.2 Å². The van der Waals surface area contributed by atoms with Crippen LogP contribution in [0, 0.1) is 6.92 Å². The predicted molar refractivity (Wildman–Crippen MR) is 35.6 cm³/mol. The van der Waals surface area contributed by atoms with E-state index >= 15 is 0 Å². The van der Waals surface area contributed by atoms with Crippen LogP contribution in [0.4, 0.5) is 13.2 Å². The molecule has 0 spiro atoms. The summed E-state index contributed by atoms with van der Waals surface area (Å²) in [5.74, 6) is -0.372. The number of hydrogen-bond donors (Lipinski definition) is 1. The second kappa shape index (κ2) is 2.66. The SMILES string of the molecule is Cc1cc(C(F)(F)F)cnc1O. The molecular weight excluding hydrogens is 171 g/mol. The molecule has 0 fully saturated rings. The third-order valence-electron chi connectivity index (χ3n) is 1.38. The third kappa shape index (κ3) is 1.66. The zero-order valence-electron chi connectivity index (χ0n) is 6.18. The number of hydrogen-bond acceptors (Lipinski definition) is 2. The van der Waals surface area contributed by atoms with Gasteiger partial charge >= 0.3 is 6.18 Å². The van der Waals surface area contributed by atoms with Crippen LogP contribution in [0.2, 0.25) is 0 Å². The molecular formula is C7H6F3NO. The van der Waals surface area contributed by atoms with Crippen molar-refractivity contribution in [3.8, 4) is 5.88 Å². The van der Waals surface area contributed by atoms with Gasteiger partial charge in [0.05, 0.1) is 5.56 Å². The van der Waals surface area contributed by atoms with E-state index in [-0.39, 0.29) is 11.4 Å². The maximum Gasteiger partial charge on any atom is 0.417 e. The van der Waals surface area contributed by atoms with Crippen molar-refractivity contribution in [2.75, 3.05) is 0 Å². The zero-order chi connectivity index (χ0) is 9.35. The van der Waals surface area contributed by atoms with Crippen LogP contribution < -0.4 is 0 Å². The van der Waals surface area contributed by atoms with E-state index in [4.69, 9.17) is 5.11 Å². The van der Waals surface area contributed by atoms with Crippen molar-refractivity contribution < 1.29 is 18.3 Å². The predicted octanol–water partition coefficient (Wildman–Crippen LogP) is 2.11. The van der Waals surface area contributed by atoms with Gasteiger partial charge in [0.15, 0.2) is 0 Å². The summed E-state index contributed by atoms with van der Waals surface area (Å²) in [7, 11) is 0. The Morgan fingerprint density at radius 2 is 2.00 bits per heavy atom. The summed E-state index contributed by atoms with van der Waals surface area (Å²) < 4.78 is 35.9. The molecule has 0 bridgehead atoms. The molecule has 0 aliphatic rings. The van der Waals surface area contributed by atoms with Crippen LogP contribution in [0.1, 0.15) is 11.1 Å². The minimum atomic E-state index is -4.40. The van der Waals surface area contributed by atoms with Crippen molar-refractivity contribution in [3.05, 3.63) is 23.4 Å². The Balaban J connectivity index is 3.14. The summed E-state index contributed by atoms with van der Waals surface area (Å²) >= 11 is 0. The monoisotopic (exact) mass is 177 g/mol. The number of aromatic nitrogens is 1. The topological polar surface area (TPSA) is 33.1 Å². The van der Waals surface area contributed by atoms with Crippen LogP contribution >= 0.6 is 0 Å². The minimum absolute atomic E-state index is 0.116. The molecule has 2 nitrogen and oxygen atoms in total. The normalized spacial score (nSPS) is 11.7. The fourth-order valence-corrected chi connectivity index (χ4v) is 0.723. The fraction of sp³-hybridized carbons (Fsp3) is 0.286. The average Bonchev–Trinajstić information content (AvgIpc) is 1.92. The van der Waals surface area contributed by atoms with Gasteiger partial charge in [-0.25, -0.2) is 4.98 Å². The lowest BCUT2D eigenvalue weighted by Gasteiger charge is -2.06. The van der Waals surface area contributed by atoms with Crippen LogP contribution in [0.15, 0.2) is 12.3 Å². The lowest BCUT2D eigenvalue weighted by atomic mass is 10.2. The quantitative estimate of drug-likeness (QED) is 0.658. The Morgan fingerprint density at radius 1 is 1.42 bits per heavy atom. The number of alkyl halides is 3. The van der Waals surface area contributed by atoms with Crippen molar-refractivity contribution in [1.29, 1.82) is 0 Å². The summed E-state index contributed by atoms with van der Waals surface area (Å²) in [5.41, 5.74) is -0.734. The first-order valence-electron chi connectivity index (χ1n) is 3.14. The summed E-state index contributed by atoms with van der Waals surface area (Å²) in [6.07, 6.45) is -3.80. The highest BCUT2D eigenvalue weighted by Crippen LogP contribution is 2.30. The Labute approximate surface area is 66.7 Å². The van der Waals surface area contributed by atoms with Gasteiger partial charge in [0, 0.05) is 11.8 Å². The number of halogens is 3. The second-order valence-electron chi connectivity index (χ2n) is 2.36. The standard InChI is InChI=1S/C7H6F3NO/c1-4-2-5(7(8,9)10)3-11-6(4)12/h2-3H,1H3,(H,11,12). The van der Waals surface area contributed by atoms with E-state index in [1.54, 1.807) is 0 Å². The lowest BCUT2D eigenvalue weighted by molar-refractivity contribution is -0.137. The van der Waals surface area contributed by atoms with Gasteiger partial charge in [-0.3, -0.25) is 0 Å². The van der Waals surface area contributed by atoms with Gasteiger partial charge in [-0.05, 0) is 13.0 Å². The number of pyridine rings is 1. The molecule has 12 heavy (non-hydrogen) atoms. The molecule has 1 N–H and O–H groups in total.